The van der Waals surface area contributed by atoms with Gasteiger partial charge in [0.2, 0.25) is 0 Å². The zero-order chi connectivity index (χ0) is 22.8. The van der Waals surface area contributed by atoms with E-state index < -0.39 is 0 Å². The molecule has 6 nitrogen and oxygen atoms in total. The molecule has 35 heavy (non-hydrogen) atoms. The molecule has 194 valence electrons. The minimum atomic E-state index is 0. The first kappa shape index (κ1) is 28.2. The molecule has 1 aliphatic carbocycles. The number of piperidine rings is 1. The van der Waals surface area contributed by atoms with Crippen molar-refractivity contribution >= 4 is 47.1 Å². The summed E-state index contributed by atoms with van der Waals surface area (Å²) in [4.78, 5) is 9.34. The number of thiazole rings is 1. The molecule has 1 aliphatic heterocycles. The fraction of sp³-hybridized carbons (Fsp3) is 0.615. The lowest BCUT2D eigenvalue weighted by molar-refractivity contribution is 0.170. The zero-order valence-electron chi connectivity index (χ0n) is 21.0. The lowest BCUT2D eigenvalue weighted by Gasteiger charge is -2.31. The molecule has 0 radical (unpaired) electrons. The number of ether oxygens (including phenoxy) is 1. The molecular weight excluding hydrogens is 503 g/mol. The molecule has 1 saturated heterocycles. The molecule has 2 aliphatic rings. The van der Waals surface area contributed by atoms with Crippen LogP contribution in [0.15, 0.2) is 22.0 Å². The van der Waals surface area contributed by atoms with Crippen LogP contribution in [-0.4, -0.2) is 53.7 Å². The topological polar surface area (TPSA) is 54.6 Å². The van der Waals surface area contributed by atoms with Crippen molar-refractivity contribution in [2.45, 2.75) is 58.5 Å². The van der Waals surface area contributed by atoms with Crippen molar-refractivity contribution in [3.8, 4) is 5.75 Å². The summed E-state index contributed by atoms with van der Waals surface area (Å²) < 4.78 is 12.1. The average molecular weight is 542 g/mol. The molecule has 1 aromatic carbocycles. The summed E-state index contributed by atoms with van der Waals surface area (Å²) in [6, 6.07) is 4.28. The first-order valence-corrected chi connectivity index (χ1v) is 13.2. The SMILES string of the molecule is Cc1nc(CN2CCC(CCc3noc4c(CN(C)C)c(OCC5CC5)ccc34)CC2)cs1.Cl.Cl. The summed E-state index contributed by atoms with van der Waals surface area (Å²) >= 11 is 1.75. The van der Waals surface area contributed by atoms with Gasteiger partial charge in [0.1, 0.15) is 5.75 Å². The van der Waals surface area contributed by atoms with Gasteiger partial charge in [-0.25, -0.2) is 4.98 Å². The molecule has 1 saturated carbocycles. The number of benzene rings is 1. The minimum absolute atomic E-state index is 0. The van der Waals surface area contributed by atoms with E-state index in [4.69, 9.17) is 9.26 Å². The third kappa shape index (κ3) is 7.32. The predicted octanol–water partition coefficient (Wildman–Crippen LogP) is 6.13. The maximum Gasteiger partial charge on any atom is 0.175 e. The van der Waals surface area contributed by atoms with E-state index in [0.29, 0.717) is 0 Å². The Morgan fingerprint density at radius 1 is 1.11 bits per heavy atom. The molecule has 0 atom stereocenters. The molecule has 0 spiro atoms. The Kier molecular flexibility index (Phi) is 10.3. The Hall–Kier alpha value is -1.38. The van der Waals surface area contributed by atoms with Crippen molar-refractivity contribution in [3.05, 3.63) is 39.5 Å². The van der Waals surface area contributed by atoms with Crippen molar-refractivity contribution < 1.29 is 9.26 Å². The maximum absolute atomic E-state index is 6.17. The Balaban J connectivity index is 0.00000171. The van der Waals surface area contributed by atoms with Crippen molar-refractivity contribution in [3.63, 3.8) is 0 Å². The highest BCUT2D eigenvalue weighted by Gasteiger charge is 2.25. The van der Waals surface area contributed by atoms with E-state index in [9.17, 15) is 0 Å². The smallest absolute Gasteiger partial charge is 0.175 e. The molecule has 0 amide bonds. The van der Waals surface area contributed by atoms with Gasteiger partial charge in [0, 0.05) is 23.9 Å². The molecule has 2 fully saturated rings. The van der Waals surface area contributed by atoms with Crippen LogP contribution in [-0.2, 0) is 19.5 Å². The van der Waals surface area contributed by atoms with E-state index in [2.05, 4.69) is 58.5 Å². The molecule has 3 aromatic rings. The third-order valence-corrected chi connectivity index (χ3v) is 7.79. The maximum atomic E-state index is 6.17. The number of hydrogen-bond acceptors (Lipinski definition) is 7. The molecule has 0 unspecified atom stereocenters. The second-order valence-electron chi connectivity index (χ2n) is 10.2. The van der Waals surface area contributed by atoms with Gasteiger partial charge >= 0.3 is 0 Å². The van der Waals surface area contributed by atoms with E-state index in [1.165, 1.54) is 37.8 Å². The summed E-state index contributed by atoms with van der Waals surface area (Å²) in [6.07, 6.45) is 7.25. The van der Waals surface area contributed by atoms with Crippen LogP contribution in [0.5, 0.6) is 5.75 Å². The number of rotatable bonds is 10. The summed E-state index contributed by atoms with van der Waals surface area (Å²) in [5.74, 6) is 2.44. The van der Waals surface area contributed by atoms with E-state index in [1.54, 1.807) is 11.3 Å². The quantitative estimate of drug-likeness (QED) is 0.308. The Morgan fingerprint density at radius 2 is 1.89 bits per heavy atom. The van der Waals surface area contributed by atoms with Crippen LogP contribution in [0.3, 0.4) is 0 Å². The first-order valence-electron chi connectivity index (χ1n) is 12.4. The van der Waals surface area contributed by atoms with Gasteiger partial charge in [0.05, 0.1) is 28.6 Å². The monoisotopic (exact) mass is 540 g/mol. The number of nitrogens with zero attached hydrogens (tertiary/aromatic N) is 4. The molecule has 9 heteroatoms. The third-order valence-electron chi connectivity index (χ3n) is 6.97. The standard InChI is InChI=1S/C26H36N4O2S.2ClH/c1-18-27-21(17-33-18)14-30-12-10-19(11-13-30)6-8-24-22-7-9-25(31-16-20-4-5-20)23(15-29(2)3)26(22)32-28-24;;/h7,9,17,19-20H,4-6,8,10-16H2,1-3H3;2*1H. The van der Waals surface area contributed by atoms with Gasteiger partial charge < -0.3 is 14.2 Å². The Labute approximate surface area is 225 Å². The Bertz CT molecular complexity index is 1070. The van der Waals surface area contributed by atoms with E-state index in [0.717, 1.165) is 84.0 Å². The van der Waals surface area contributed by atoms with Crippen molar-refractivity contribution in [2.75, 3.05) is 33.8 Å². The van der Waals surface area contributed by atoms with Gasteiger partial charge in [-0.15, -0.1) is 36.2 Å². The number of hydrogen-bond donors (Lipinski definition) is 0. The van der Waals surface area contributed by atoms with Gasteiger partial charge in [0.15, 0.2) is 5.58 Å². The first-order chi connectivity index (χ1) is 16.0. The van der Waals surface area contributed by atoms with Crippen LogP contribution < -0.4 is 4.74 Å². The fourth-order valence-electron chi connectivity index (χ4n) is 4.85. The zero-order valence-corrected chi connectivity index (χ0v) is 23.4. The molecule has 0 N–H and O–H groups in total. The molecule has 3 heterocycles. The van der Waals surface area contributed by atoms with Crippen LogP contribution in [0, 0.1) is 18.8 Å². The van der Waals surface area contributed by atoms with Gasteiger partial charge in [-0.1, -0.05) is 5.16 Å². The second kappa shape index (κ2) is 12.7. The van der Waals surface area contributed by atoms with Crippen molar-refractivity contribution in [1.82, 2.24) is 19.9 Å². The van der Waals surface area contributed by atoms with E-state index >= 15 is 0 Å². The summed E-state index contributed by atoms with van der Waals surface area (Å²) in [6.45, 7) is 7.01. The lowest BCUT2D eigenvalue weighted by atomic mass is 9.91. The lowest BCUT2D eigenvalue weighted by Crippen LogP contribution is -2.33. The van der Waals surface area contributed by atoms with Crippen molar-refractivity contribution in [2.24, 2.45) is 11.8 Å². The second-order valence-corrected chi connectivity index (χ2v) is 11.2. The highest BCUT2D eigenvalue weighted by Crippen LogP contribution is 2.35. The van der Waals surface area contributed by atoms with E-state index in [-0.39, 0.29) is 24.8 Å². The predicted molar refractivity (Wildman–Crippen MR) is 147 cm³/mol. The van der Waals surface area contributed by atoms with E-state index in [1.807, 2.05) is 0 Å². The highest BCUT2D eigenvalue weighted by atomic mass is 35.5. The molecule has 5 rings (SSSR count). The number of likely N-dealkylation sites (tertiary alicyclic amines) is 1. The van der Waals surface area contributed by atoms with Crippen molar-refractivity contribution in [1.29, 1.82) is 0 Å². The van der Waals surface area contributed by atoms with Crippen LogP contribution in [0.2, 0.25) is 0 Å². The minimum Gasteiger partial charge on any atom is -0.493 e. The summed E-state index contributed by atoms with van der Waals surface area (Å²) in [5.41, 5.74) is 4.35. The fourth-order valence-corrected chi connectivity index (χ4v) is 5.45. The molecular formula is C26H38Cl2N4O2S. The van der Waals surface area contributed by atoms with Gasteiger partial charge in [-0.05, 0) is 96.6 Å². The van der Waals surface area contributed by atoms with Gasteiger partial charge in [0.25, 0.3) is 0 Å². The van der Waals surface area contributed by atoms with Gasteiger partial charge in [-0.3, -0.25) is 4.90 Å². The van der Waals surface area contributed by atoms with Gasteiger partial charge in [-0.2, -0.15) is 0 Å². The number of aryl methyl sites for hydroxylation is 2. The van der Waals surface area contributed by atoms with Crippen LogP contribution in [0.4, 0.5) is 0 Å². The highest BCUT2D eigenvalue weighted by molar-refractivity contribution is 7.09. The normalized spacial score (nSPS) is 16.9. The summed E-state index contributed by atoms with van der Waals surface area (Å²) in [7, 11) is 4.17. The Morgan fingerprint density at radius 3 is 2.54 bits per heavy atom. The van der Waals surface area contributed by atoms with Crippen LogP contribution >= 0.6 is 36.2 Å². The largest absolute Gasteiger partial charge is 0.493 e. The number of fused-ring (bicyclic) bond motifs is 1. The number of aromatic nitrogens is 2. The van der Waals surface area contributed by atoms with Crippen LogP contribution in [0.1, 0.15) is 54.1 Å². The molecule has 2 aromatic heterocycles. The van der Waals surface area contributed by atoms with Crippen LogP contribution in [0.25, 0.3) is 11.0 Å². The average Bonchev–Trinajstić information content (AvgIpc) is 3.40. The summed E-state index contributed by atoms with van der Waals surface area (Å²) in [5, 5.41) is 9.02. The number of halogens is 2. The molecule has 0 bridgehead atoms.